The largest absolute Gasteiger partial charge is 0.388 e. The van der Waals surface area contributed by atoms with Crippen molar-refractivity contribution in [2.24, 2.45) is 5.11 Å². The summed E-state index contributed by atoms with van der Waals surface area (Å²) in [5.41, 5.74) is 6.25. The third-order valence-electron chi connectivity index (χ3n) is 4.31. The number of hydrogen-bond acceptors (Lipinski definition) is 6. The molecule has 3 heterocycles. The van der Waals surface area contributed by atoms with Crippen LogP contribution in [0.3, 0.4) is 0 Å². The lowest BCUT2D eigenvalue weighted by atomic mass is 9.90. The molecule has 0 radical (unpaired) electrons. The summed E-state index contributed by atoms with van der Waals surface area (Å²) in [5, 5.41) is 14.4. The summed E-state index contributed by atoms with van der Waals surface area (Å²) >= 11 is 1.47. The van der Waals surface area contributed by atoms with Crippen molar-refractivity contribution in [2.45, 2.75) is 42.6 Å². The van der Waals surface area contributed by atoms with Gasteiger partial charge in [-0.2, -0.15) is 0 Å². The third kappa shape index (κ3) is 1.92. The highest BCUT2D eigenvalue weighted by Crippen LogP contribution is 2.60. The molecule has 0 aliphatic carbocycles. The minimum absolute atomic E-state index is 0.273. The van der Waals surface area contributed by atoms with E-state index in [1.54, 1.807) is 6.92 Å². The fraction of sp³-hybridized carbons (Fsp3) is 0.667. The monoisotopic (exact) mass is 325 g/mol. The first kappa shape index (κ1) is 15.2. The molecule has 2 saturated heterocycles. The van der Waals surface area contributed by atoms with Gasteiger partial charge in [-0.05, 0) is 24.1 Å². The molecule has 0 saturated carbocycles. The van der Waals surface area contributed by atoms with Gasteiger partial charge in [0.1, 0.15) is 6.10 Å². The van der Waals surface area contributed by atoms with Gasteiger partial charge in [0.15, 0.2) is 12.0 Å². The summed E-state index contributed by atoms with van der Waals surface area (Å²) in [7, 11) is 0. The number of aliphatic hydroxyl groups excluding tert-OH is 1. The molecule has 2 fully saturated rings. The molecule has 1 aromatic heterocycles. The molecule has 1 spiro atoms. The normalized spacial score (nSPS) is 36.8. The van der Waals surface area contributed by atoms with E-state index in [1.807, 2.05) is 0 Å². The lowest BCUT2D eigenvalue weighted by molar-refractivity contribution is -0.101. The van der Waals surface area contributed by atoms with Crippen molar-refractivity contribution >= 4 is 11.8 Å². The van der Waals surface area contributed by atoms with E-state index in [9.17, 15) is 14.7 Å². The second-order valence-electron chi connectivity index (χ2n) is 5.33. The van der Waals surface area contributed by atoms with Crippen molar-refractivity contribution < 1.29 is 9.84 Å². The molecule has 0 aromatic carbocycles. The van der Waals surface area contributed by atoms with Crippen LogP contribution >= 0.6 is 11.8 Å². The van der Waals surface area contributed by atoms with Crippen molar-refractivity contribution in [3.05, 3.63) is 43.5 Å². The topological polar surface area (TPSA) is 133 Å². The Labute approximate surface area is 128 Å². The van der Waals surface area contributed by atoms with Crippen LogP contribution in [0.1, 0.15) is 26.0 Å². The minimum Gasteiger partial charge on any atom is -0.388 e. The Morgan fingerprint density at radius 2 is 2.41 bits per heavy atom. The summed E-state index contributed by atoms with van der Waals surface area (Å²) in [4.78, 5) is 28.2. The molecule has 118 valence electrons. The first-order valence-electron chi connectivity index (χ1n) is 6.86. The highest BCUT2D eigenvalue weighted by Gasteiger charge is 2.66. The van der Waals surface area contributed by atoms with Gasteiger partial charge in [-0.15, -0.1) is 11.8 Å². The summed E-state index contributed by atoms with van der Waals surface area (Å²) in [6, 6.07) is 1.22. The van der Waals surface area contributed by atoms with E-state index in [0.29, 0.717) is 6.42 Å². The fourth-order valence-corrected chi connectivity index (χ4v) is 4.35. The maximum Gasteiger partial charge on any atom is 0.330 e. The zero-order valence-corrected chi connectivity index (χ0v) is 12.6. The van der Waals surface area contributed by atoms with Gasteiger partial charge in [-0.3, -0.25) is 14.3 Å². The van der Waals surface area contributed by atoms with E-state index in [0.717, 1.165) is 5.75 Å². The summed E-state index contributed by atoms with van der Waals surface area (Å²) in [5.74, 6) is 0.811. The minimum atomic E-state index is -1.41. The van der Waals surface area contributed by atoms with Crippen LogP contribution in [0.5, 0.6) is 0 Å². The molecule has 22 heavy (non-hydrogen) atoms. The van der Waals surface area contributed by atoms with Crippen LogP contribution in [0.25, 0.3) is 10.4 Å². The van der Waals surface area contributed by atoms with Crippen molar-refractivity contribution in [3.8, 4) is 0 Å². The zero-order valence-electron chi connectivity index (χ0n) is 11.8. The Hall–Kier alpha value is -1.74. The van der Waals surface area contributed by atoms with E-state index >= 15 is 0 Å². The van der Waals surface area contributed by atoms with Crippen LogP contribution < -0.4 is 11.2 Å². The van der Waals surface area contributed by atoms with Crippen LogP contribution in [0, 0.1) is 0 Å². The van der Waals surface area contributed by atoms with Gasteiger partial charge in [0, 0.05) is 17.2 Å². The Morgan fingerprint density at radius 3 is 2.91 bits per heavy atom. The first-order valence-corrected chi connectivity index (χ1v) is 7.85. The summed E-state index contributed by atoms with van der Waals surface area (Å²) in [6.07, 6.45) is 0.382. The fourth-order valence-electron chi connectivity index (χ4n) is 3.03. The number of thioether (sulfide) groups is 1. The molecule has 2 aliphatic rings. The van der Waals surface area contributed by atoms with Gasteiger partial charge in [0.05, 0.1) is 4.75 Å². The number of aromatic nitrogens is 2. The molecular formula is C12H15N5O4S. The first-order chi connectivity index (χ1) is 10.5. The van der Waals surface area contributed by atoms with E-state index in [2.05, 4.69) is 15.0 Å². The molecule has 3 rings (SSSR count). The van der Waals surface area contributed by atoms with Crippen LogP contribution in [0.4, 0.5) is 0 Å². The molecule has 0 unspecified atom stereocenters. The van der Waals surface area contributed by atoms with Gasteiger partial charge >= 0.3 is 5.69 Å². The quantitative estimate of drug-likeness (QED) is 0.480. The standard InChI is InChI=1S/C12H15N5O4S/c1-2-12(15-16-13)8(19)11(4-6-22-11)9(21-12)17-5-3-7(18)14-10(17)20/h3,5,8-9,19H,2,4,6H2,1H3,(H,14,18,20)/t8-,9+,11+,12+/m0/s1. The average Bonchev–Trinajstić information content (AvgIpc) is 2.69. The molecule has 0 bridgehead atoms. The lowest BCUT2D eigenvalue weighted by Gasteiger charge is -2.44. The Bertz CT molecular complexity index is 750. The number of aromatic amines is 1. The Balaban J connectivity index is 2.13. The maximum absolute atomic E-state index is 12.1. The van der Waals surface area contributed by atoms with Gasteiger partial charge in [0.25, 0.3) is 5.56 Å². The van der Waals surface area contributed by atoms with Crippen LogP contribution in [-0.2, 0) is 4.74 Å². The van der Waals surface area contributed by atoms with Crippen LogP contribution in [0.2, 0.25) is 0 Å². The number of rotatable bonds is 3. The van der Waals surface area contributed by atoms with Gasteiger partial charge in [-0.1, -0.05) is 12.0 Å². The highest BCUT2D eigenvalue weighted by molar-refractivity contribution is 8.02. The number of nitrogens with one attached hydrogen (secondary N) is 1. The summed E-state index contributed by atoms with van der Waals surface area (Å²) < 4.78 is 6.34. The van der Waals surface area contributed by atoms with Crippen molar-refractivity contribution in [1.82, 2.24) is 9.55 Å². The molecule has 10 heteroatoms. The van der Waals surface area contributed by atoms with E-state index < -0.39 is 34.1 Å². The number of aliphatic hydroxyl groups is 1. The molecule has 2 aliphatic heterocycles. The molecule has 9 nitrogen and oxygen atoms in total. The van der Waals surface area contributed by atoms with Gasteiger partial charge in [0.2, 0.25) is 0 Å². The van der Waals surface area contributed by atoms with Gasteiger partial charge < -0.3 is 9.84 Å². The third-order valence-corrected chi connectivity index (χ3v) is 5.89. The smallest absolute Gasteiger partial charge is 0.330 e. The number of ether oxygens (including phenoxy) is 1. The summed E-state index contributed by atoms with van der Waals surface area (Å²) in [6.45, 7) is 1.74. The molecule has 0 amide bonds. The zero-order chi connectivity index (χ0) is 16.0. The molecule has 1 aromatic rings. The van der Waals surface area contributed by atoms with Crippen LogP contribution in [0.15, 0.2) is 27.0 Å². The number of hydrogen-bond donors (Lipinski definition) is 2. The second kappa shape index (κ2) is 5.17. The molecule has 4 atom stereocenters. The van der Waals surface area contributed by atoms with Crippen molar-refractivity contribution in [2.75, 3.05) is 5.75 Å². The SMILES string of the molecule is CC[C@@]1(N=[N+]=[N-])O[C@@H](n2ccc(=O)[nH]c2=O)[C@@]2(CCS2)[C@@H]1O. The van der Waals surface area contributed by atoms with Crippen LogP contribution in [-0.4, -0.2) is 37.0 Å². The highest BCUT2D eigenvalue weighted by atomic mass is 32.2. The number of H-pyrrole nitrogens is 1. The Kier molecular flexibility index (Phi) is 3.56. The lowest BCUT2D eigenvalue weighted by Crippen LogP contribution is -2.53. The molecular weight excluding hydrogens is 310 g/mol. The van der Waals surface area contributed by atoms with E-state index in [1.165, 1.54) is 28.6 Å². The van der Waals surface area contributed by atoms with Gasteiger partial charge in [-0.25, -0.2) is 4.79 Å². The predicted octanol–water partition coefficient (Wildman–Crippen LogP) is 0.719. The van der Waals surface area contributed by atoms with Crippen molar-refractivity contribution in [1.29, 1.82) is 0 Å². The molecule has 2 N–H and O–H groups in total. The second-order valence-corrected chi connectivity index (χ2v) is 6.79. The average molecular weight is 325 g/mol. The predicted molar refractivity (Wildman–Crippen MR) is 79.4 cm³/mol. The van der Waals surface area contributed by atoms with E-state index in [4.69, 9.17) is 10.3 Å². The van der Waals surface area contributed by atoms with Crippen molar-refractivity contribution in [3.63, 3.8) is 0 Å². The Morgan fingerprint density at radius 1 is 1.68 bits per heavy atom. The van der Waals surface area contributed by atoms with E-state index in [-0.39, 0.29) is 6.42 Å². The number of nitrogens with zero attached hydrogens (tertiary/aromatic N) is 4. The maximum atomic E-state index is 12.1. The number of azide groups is 1.